The van der Waals surface area contributed by atoms with E-state index < -0.39 is 0 Å². The van der Waals surface area contributed by atoms with Crippen LogP contribution >= 0.6 is 0 Å². The standard InChI is InChI=1S/C15H30N4O/c1-7-8-16-13(15(4,5)20-6)9-14-17-11-18-19(14)10-12(2)3/h11-13,16H,7-10H2,1-6H3. The summed E-state index contributed by atoms with van der Waals surface area (Å²) in [4.78, 5) is 4.42. The van der Waals surface area contributed by atoms with Crippen LogP contribution in [0.4, 0.5) is 0 Å². The van der Waals surface area contributed by atoms with Crippen molar-refractivity contribution in [1.29, 1.82) is 0 Å². The highest BCUT2D eigenvalue weighted by Crippen LogP contribution is 2.17. The van der Waals surface area contributed by atoms with E-state index in [0.717, 1.165) is 31.8 Å². The van der Waals surface area contributed by atoms with Crippen LogP contribution in [0.2, 0.25) is 0 Å². The molecule has 1 rings (SSSR count). The second kappa shape index (κ2) is 7.74. The van der Waals surface area contributed by atoms with Gasteiger partial charge >= 0.3 is 0 Å². The number of aromatic nitrogens is 3. The number of rotatable bonds is 9. The second-order valence-corrected chi connectivity index (χ2v) is 6.27. The second-order valence-electron chi connectivity index (χ2n) is 6.27. The average molecular weight is 282 g/mol. The van der Waals surface area contributed by atoms with E-state index in [-0.39, 0.29) is 11.6 Å². The normalized spacial score (nSPS) is 13.9. The molecule has 0 aliphatic carbocycles. The summed E-state index contributed by atoms with van der Waals surface area (Å²) in [5, 5.41) is 7.91. The van der Waals surface area contributed by atoms with Crippen molar-refractivity contribution in [3.05, 3.63) is 12.2 Å². The van der Waals surface area contributed by atoms with Gasteiger partial charge in [-0.1, -0.05) is 20.8 Å². The Hall–Kier alpha value is -0.940. The van der Waals surface area contributed by atoms with Crippen molar-refractivity contribution in [3.8, 4) is 0 Å². The zero-order valence-electron chi connectivity index (χ0n) is 13.8. The monoisotopic (exact) mass is 282 g/mol. The van der Waals surface area contributed by atoms with E-state index in [4.69, 9.17) is 4.74 Å². The minimum absolute atomic E-state index is 0.225. The fourth-order valence-corrected chi connectivity index (χ4v) is 2.15. The van der Waals surface area contributed by atoms with Gasteiger partial charge in [0.2, 0.25) is 0 Å². The van der Waals surface area contributed by atoms with E-state index in [2.05, 4.69) is 50.0 Å². The molecule has 1 aromatic heterocycles. The fourth-order valence-electron chi connectivity index (χ4n) is 2.15. The molecule has 5 heteroatoms. The molecular formula is C15H30N4O. The first kappa shape index (κ1) is 17.1. The van der Waals surface area contributed by atoms with Gasteiger partial charge in [-0.25, -0.2) is 9.67 Å². The third kappa shape index (κ3) is 4.87. The van der Waals surface area contributed by atoms with E-state index in [1.807, 2.05) is 4.68 Å². The maximum atomic E-state index is 5.65. The molecule has 5 nitrogen and oxygen atoms in total. The lowest BCUT2D eigenvalue weighted by Crippen LogP contribution is -2.50. The zero-order chi connectivity index (χ0) is 15.2. The van der Waals surface area contributed by atoms with Crippen LogP contribution in [0.15, 0.2) is 6.33 Å². The molecule has 0 radical (unpaired) electrons. The van der Waals surface area contributed by atoms with Crippen LogP contribution in [0.3, 0.4) is 0 Å². The summed E-state index contributed by atoms with van der Waals surface area (Å²) >= 11 is 0. The molecule has 0 spiro atoms. The molecule has 0 saturated heterocycles. The molecule has 1 heterocycles. The smallest absolute Gasteiger partial charge is 0.138 e. The number of hydrogen-bond donors (Lipinski definition) is 1. The first-order chi connectivity index (χ1) is 9.40. The molecule has 1 unspecified atom stereocenters. The van der Waals surface area contributed by atoms with E-state index in [1.165, 1.54) is 0 Å². The molecule has 1 aromatic rings. The highest BCUT2D eigenvalue weighted by molar-refractivity contribution is 4.96. The van der Waals surface area contributed by atoms with Gasteiger partial charge in [-0.2, -0.15) is 5.10 Å². The number of nitrogens with zero attached hydrogens (tertiary/aromatic N) is 3. The lowest BCUT2D eigenvalue weighted by Gasteiger charge is -2.33. The number of hydrogen-bond acceptors (Lipinski definition) is 4. The fraction of sp³-hybridized carbons (Fsp3) is 0.867. The van der Waals surface area contributed by atoms with Crippen molar-refractivity contribution in [2.45, 2.75) is 65.6 Å². The van der Waals surface area contributed by atoms with Crippen LogP contribution in [0.5, 0.6) is 0 Å². The predicted molar refractivity (Wildman–Crippen MR) is 81.7 cm³/mol. The minimum atomic E-state index is -0.232. The van der Waals surface area contributed by atoms with Crippen LogP contribution in [0.1, 0.15) is 46.9 Å². The molecule has 0 aromatic carbocycles. The Morgan fingerprint density at radius 2 is 2.10 bits per heavy atom. The van der Waals surface area contributed by atoms with E-state index in [1.54, 1.807) is 13.4 Å². The third-order valence-corrected chi connectivity index (χ3v) is 3.63. The summed E-state index contributed by atoms with van der Waals surface area (Å²) in [7, 11) is 1.76. The van der Waals surface area contributed by atoms with Crippen molar-refractivity contribution < 1.29 is 4.74 Å². The van der Waals surface area contributed by atoms with Gasteiger partial charge in [0.1, 0.15) is 12.2 Å². The molecule has 0 aliphatic rings. The SMILES string of the molecule is CCCNC(Cc1ncnn1CC(C)C)C(C)(C)OC. The van der Waals surface area contributed by atoms with Crippen molar-refractivity contribution in [2.75, 3.05) is 13.7 Å². The van der Waals surface area contributed by atoms with Crippen LogP contribution < -0.4 is 5.32 Å². The molecule has 116 valence electrons. The lowest BCUT2D eigenvalue weighted by atomic mass is 9.95. The molecule has 0 fully saturated rings. The summed E-state index contributed by atoms with van der Waals surface area (Å²) < 4.78 is 7.66. The molecule has 0 amide bonds. The topological polar surface area (TPSA) is 52.0 Å². The summed E-state index contributed by atoms with van der Waals surface area (Å²) in [6.45, 7) is 12.7. The van der Waals surface area contributed by atoms with Crippen LogP contribution in [-0.4, -0.2) is 40.1 Å². The predicted octanol–water partition coefficient (Wildman–Crippen LogP) is 2.27. The van der Waals surface area contributed by atoms with Crippen molar-refractivity contribution in [1.82, 2.24) is 20.1 Å². The van der Waals surface area contributed by atoms with Crippen LogP contribution in [-0.2, 0) is 17.7 Å². The average Bonchev–Trinajstić information content (AvgIpc) is 2.80. The van der Waals surface area contributed by atoms with Gasteiger partial charge in [-0.05, 0) is 32.7 Å². The quantitative estimate of drug-likeness (QED) is 0.755. The van der Waals surface area contributed by atoms with Crippen molar-refractivity contribution in [2.24, 2.45) is 5.92 Å². The summed E-state index contributed by atoms with van der Waals surface area (Å²) in [6.07, 6.45) is 3.58. The van der Waals surface area contributed by atoms with Crippen molar-refractivity contribution in [3.63, 3.8) is 0 Å². The largest absolute Gasteiger partial charge is 0.377 e. The molecule has 20 heavy (non-hydrogen) atoms. The van der Waals surface area contributed by atoms with Gasteiger partial charge in [0, 0.05) is 26.1 Å². The molecule has 1 atom stereocenters. The van der Waals surface area contributed by atoms with Crippen LogP contribution in [0, 0.1) is 5.92 Å². The maximum Gasteiger partial charge on any atom is 0.138 e. The Labute approximate surface area is 123 Å². The molecule has 0 saturated carbocycles. The summed E-state index contributed by atoms with van der Waals surface area (Å²) in [5.41, 5.74) is -0.232. The first-order valence-corrected chi connectivity index (χ1v) is 7.55. The van der Waals surface area contributed by atoms with Gasteiger partial charge < -0.3 is 10.1 Å². The van der Waals surface area contributed by atoms with Crippen LogP contribution in [0.25, 0.3) is 0 Å². The number of methoxy groups -OCH3 is 1. The highest BCUT2D eigenvalue weighted by atomic mass is 16.5. The Morgan fingerprint density at radius 1 is 1.40 bits per heavy atom. The summed E-state index contributed by atoms with van der Waals surface area (Å²) in [5.74, 6) is 1.59. The Kier molecular flexibility index (Phi) is 6.62. The third-order valence-electron chi connectivity index (χ3n) is 3.63. The Morgan fingerprint density at radius 3 is 2.65 bits per heavy atom. The minimum Gasteiger partial charge on any atom is -0.377 e. The van der Waals surface area contributed by atoms with Gasteiger partial charge in [0.05, 0.1) is 5.60 Å². The first-order valence-electron chi connectivity index (χ1n) is 7.55. The van der Waals surface area contributed by atoms with E-state index in [9.17, 15) is 0 Å². The zero-order valence-corrected chi connectivity index (χ0v) is 13.8. The Balaban J connectivity index is 2.81. The van der Waals surface area contributed by atoms with Gasteiger partial charge in [-0.3, -0.25) is 0 Å². The van der Waals surface area contributed by atoms with Gasteiger partial charge in [0.15, 0.2) is 0 Å². The van der Waals surface area contributed by atoms with Crippen molar-refractivity contribution >= 4 is 0 Å². The molecular weight excluding hydrogens is 252 g/mol. The number of nitrogens with one attached hydrogen (secondary N) is 1. The van der Waals surface area contributed by atoms with E-state index in [0.29, 0.717) is 5.92 Å². The van der Waals surface area contributed by atoms with Gasteiger partial charge in [0.25, 0.3) is 0 Å². The molecule has 0 aliphatic heterocycles. The van der Waals surface area contributed by atoms with Gasteiger partial charge in [-0.15, -0.1) is 0 Å². The lowest BCUT2D eigenvalue weighted by molar-refractivity contribution is -0.0108. The summed E-state index contributed by atoms with van der Waals surface area (Å²) in [6, 6.07) is 0.225. The van der Waals surface area contributed by atoms with E-state index >= 15 is 0 Å². The highest BCUT2D eigenvalue weighted by Gasteiger charge is 2.30. The molecule has 1 N–H and O–H groups in total. The molecule has 0 bridgehead atoms. The maximum absolute atomic E-state index is 5.65. The Bertz CT molecular complexity index is 387. The number of ether oxygens (including phenoxy) is 1.